The Kier molecular flexibility index (Phi) is 1.66. The first-order chi connectivity index (χ1) is 5.40. The molecule has 1 heterocycles. The van der Waals surface area contributed by atoms with Gasteiger partial charge in [-0.05, 0) is 24.3 Å². The molecule has 1 aromatic rings. The fourth-order valence-corrected chi connectivity index (χ4v) is 1.26. The van der Waals surface area contributed by atoms with Crippen molar-refractivity contribution in [1.82, 2.24) is 9.78 Å². The molecule has 0 unspecified atom stereocenters. The normalized spacial score (nSPS) is 17.2. The van der Waals surface area contributed by atoms with Crippen LogP contribution in [0.4, 0.5) is 0 Å². The van der Waals surface area contributed by atoms with E-state index >= 15 is 0 Å². The summed E-state index contributed by atoms with van der Waals surface area (Å²) in [7, 11) is 0. The van der Waals surface area contributed by atoms with Gasteiger partial charge in [-0.1, -0.05) is 0 Å². The van der Waals surface area contributed by atoms with Gasteiger partial charge in [-0.2, -0.15) is 5.10 Å². The second kappa shape index (κ2) is 2.66. The fraction of sp³-hybridized carbons (Fsp3) is 0.625. The van der Waals surface area contributed by atoms with Crippen LogP contribution in [0.2, 0.25) is 0 Å². The van der Waals surface area contributed by atoms with E-state index < -0.39 is 0 Å². The molecule has 2 rings (SSSR count). The first kappa shape index (κ1) is 6.85. The Morgan fingerprint density at radius 1 is 1.64 bits per heavy atom. The van der Waals surface area contributed by atoms with Crippen molar-refractivity contribution in [3.63, 3.8) is 0 Å². The highest BCUT2D eigenvalue weighted by Gasteiger charge is 2.24. The van der Waals surface area contributed by atoms with E-state index in [1.807, 2.05) is 10.9 Å². The average molecular weight is 151 g/mol. The summed E-state index contributed by atoms with van der Waals surface area (Å²) in [5.41, 5.74) is 6.79. The predicted octanol–water partition coefficient (Wildman–Crippen LogP) is 0.719. The zero-order valence-electron chi connectivity index (χ0n) is 6.53. The van der Waals surface area contributed by atoms with Gasteiger partial charge >= 0.3 is 0 Å². The van der Waals surface area contributed by atoms with Crippen LogP contribution in [0.1, 0.15) is 24.3 Å². The zero-order valence-corrected chi connectivity index (χ0v) is 6.53. The van der Waals surface area contributed by atoms with Crippen LogP contribution in [0.5, 0.6) is 0 Å². The summed E-state index contributed by atoms with van der Waals surface area (Å²) in [5, 5.41) is 4.20. The zero-order chi connectivity index (χ0) is 7.68. The van der Waals surface area contributed by atoms with Crippen LogP contribution in [0.15, 0.2) is 12.4 Å². The van der Waals surface area contributed by atoms with Gasteiger partial charge in [0.2, 0.25) is 0 Å². The van der Waals surface area contributed by atoms with Gasteiger partial charge < -0.3 is 5.73 Å². The van der Waals surface area contributed by atoms with Gasteiger partial charge in [-0.3, -0.25) is 4.68 Å². The van der Waals surface area contributed by atoms with Crippen molar-refractivity contribution in [2.75, 3.05) is 6.54 Å². The lowest BCUT2D eigenvalue weighted by atomic mass is 10.2. The molecular formula is C8H13N3. The Bertz CT molecular complexity index is 237. The molecule has 0 radical (unpaired) electrons. The molecule has 0 saturated heterocycles. The van der Waals surface area contributed by atoms with E-state index in [1.165, 1.54) is 18.4 Å². The van der Waals surface area contributed by atoms with E-state index in [9.17, 15) is 0 Å². The number of hydrogen-bond donors (Lipinski definition) is 1. The Hall–Kier alpha value is -0.830. The topological polar surface area (TPSA) is 43.8 Å². The van der Waals surface area contributed by atoms with Gasteiger partial charge in [-0.25, -0.2) is 0 Å². The predicted molar refractivity (Wildman–Crippen MR) is 43.3 cm³/mol. The third-order valence-electron chi connectivity index (χ3n) is 2.06. The maximum atomic E-state index is 5.40. The van der Waals surface area contributed by atoms with E-state index in [0.717, 1.165) is 12.5 Å². The minimum Gasteiger partial charge on any atom is -0.329 e. The molecule has 1 aliphatic rings. The molecule has 1 saturated carbocycles. The number of aromatic nitrogens is 2. The summed E-state index contributed by atoms with van der Waals surface area (Å²) < 4.78 is 1.92. The van der Waals surface area contributed by atoms with Crippen molar-refractivity contribution in [2.45, 2.75) is 25.3 Å². The summed E-state index contributed by atoms with van der Waals surface area (Å²) in [4.78, 5) is 0. The molecular weight excluding hydrogens is 138 g/mol. The average Bonchev–Trinajstić information content (AvgIpc) is 2.75. The van der Waals surface area contributed by atoms with Gasteiger partial charge in [0.1, 0.15) is 0 Å². The minimum absolute atomic E-state index is 0.672. The smallest absolute Gasteiger partial charge is 0.0531 e. The van der Waals surface area contributed by atoms with E-state index in [0.29, 0.717) is 6.54 Å². The summed E-state index contributed by atoms with van der Waals surface area (Å²) >= 11 is 0. The standard InChI is InChI=1S/C8H13N3/c9-3-4-11-6-8(5-10-11)7-1-2-7/h5-7H,1-4,9H2. The molecule has 0 bridgehead atoms. The SMILES string of the molecule is NCCn1cc(C2CC2)cn1. The van der Waals surface area contributed by atoms with Crippen molar-refractivity contribution in [3.05, 3.63) is 18.0 Å². The maximum Gasteiger partial charge on any atom is 0.0531 e. The molecule has 0 aromatic carbocycles. The molecule has 3 nitrogen and oxygen atoms in total. The van der Waals surface area contributed by atoms with Crippen molar-refractivity contribution in [3.8, 4) is 0 Å². The van der Waals surface area contributed by atoms with Gasteiger partial charge in [0.15, 0.2) is 0 Å². The van der Waals surface area contributed by atoms with Crippen molar-refractivity contribution >= 4 is 0 Å². The van der Waals surface area contributed by atoms with Crippen LogP contribution >= 0.6 is 0 Å². The third-order valence-corrected chi connectivity index (χ3v) is 2.06. The Morgan fingerprint density at radius 2 is 2.45 bits per heavy atom. The second-order valence-electron chi connectivity index (χ2n) is 3.10. The minimum atomic E-state index is 0.672. The third kappa shape index (κ3) is 1.43. The first-order valence-electron chi connectivity index (χ1n) is 4.12. The summed E-state index contributed by atoms with van der Waals surface area (Å²) in [6.45, 7) is 1.51. The number of nitrogens with two attached hydrogens (primary N) is 1. The van der Waals surface area contributed by atoms with Crippen LogP contribution in [-0.4, -0.2) is 16.3 Å². The lowest BCUT2D eigenvalue weighted by Gasteiger charge is -1.94. The Balaban J connectivity index is 2.06. The second-order valence-corrected chi connectivity index (χ2v) is 3.10. The molecule has 2 N–H and O–H groups in total. The molecule has 1 aliphatic carbocycles. The lowest BCUT2D eigenvalue weighted by Crippen LogP contribution is -2.09. The molecule has 0 amide bonds. The lowest BCUT2D eigenvalue weighted by molar-refractivity contribution is 0.624. The van der Waals surface area contributed by atoms with Crippen molar-refractivity contribution in [2.24, 2.45) is 5.73 Å². The number of hydrogen-bond acceptors (Lipinski definition) is 2. The number of nitrogens with zero attached hydrogens (tertiary/aromatic N) is 2. The number of rotatable bonds is 3. The molecule has 1 fully saturated rings. The first-order valence-corrected chi connectivity index (χ1v) is 4.12. The highest BCUT2D eigenvalue weighted by molar-refractivity contribution is 5.16. The Labute approximate surface area is 66.2 Å². The van der Waals surface area contributed by atoms with Crippen LogP contribution < -0.4 is 5.73 Å². The van der Waals surface area contributed by atoms with Crippen LogP contribution in [-0.2, 0) is 6.54 Å². The molecule has 1 aromatic heterocycles. The van der Waals surface area contributed by atoms with E-state index in [-0.39, 0.29) is 0 Å². The Morgan fingerprint density at radius 3 is 3.09 bits per heavy atom. The van der Waals surface area contributed by atoms with Crippen LogP contribution in [0, 0.1) is 0 Å². The molecule has 60 valence electrons. The van der Waals surface area contributed by atoms with Gasteiger partial charge in [-0.15, -0.1) is 0 Å². The highest BCUT2D eigenvalue weighted by atomic mass is 15.3. The summed E-state index contributed by atoms with van der Waals surface area (Å²) in [5.74, 6) is 0.807. The fourth-order valence-electron chi connectivity index (χ4n) is 1.26. The molecule has 0 atom stereocenters. The molecule has 3 heteroatoms. The van der Waals surface area contributed by atoms with E-state index in [4.69, 9.17) is 5.73 Å². The van der Waals surface area contributed by atoms with Crippen molar-refractivity contribution < 1.29 is 0 Å². The quantitative estimate of drug-likeness (QED) is 0.691. The van der Waals surface area contributed by atoms with E-state index in [2.05, 4.69) is 11.3 Å². The van der Waals surface area contributed by atoms with Crippen LogP contribution in [0.25, 0.3) is 0 Å². The van der Waals surface area contributed by atoms with Gasteiger partial charge in [0.05, 0.1) is 12.7 Å². The molecule has 11 heavy (non-hydrogen) atoms. The molecule has 0 aliphatic heterocycles. The van der Waals surface area contributed by atoms with Crippen molar-refractivity contribution in [1.29, 1.82) is 0 Å². The molecule has 0 spiro atoms. The van der Waals surface area contributed by atoms with E-state index in [1.54, 1.807) is 0 Å². The maximum absolute atomic E-state index is 5.40. The van der Waals surface area contributed by atoms with Gasteiger partial charge in [0.25, 0.3) is 0 Å². The highest BCUT2D eigenvalue weighted by Crippen LogP contribution is 2.39. The monoisotopic (exact) mass is 151 g/mol. The largest absolute Gasteiger partial charge is 0.329 e. The summed E-state index contributed by atoms with van der Waals surface area (Å²) in [6, 6.07) is 0. The summed E-state index contributed by atoms with van der Waals surface area (Å²) in [6.07, 6.45) is 6.76. The van der Waals surface area contributed by atoms with Crippen LogP contribution in [0.3, 0.4) is 0 Å². The van der Waals surface area contributed by atoms with Gasteiger partial charge in [0, 0.05) is 12.7 Å².